The highest BCUT2D eigenvalue weighted by Crippen LogP contribution is 2.43. The van der Waals surface area contributed by atoms with Crippen LogP contribution >= 0.6 is 7.82 Å². The van der Waals surface area contributed by atoms with Crippen molar-refractivity contribution < 1.29 is 42.1 Å². The lowest BCUT2D eigenvalue weighted by molar-refractivity contribution is -0.870. The van der Waals surface area contributed by atoms with Crippen LogP contribution in [0, 0.1) is 5.92 Å². The fourth-order valence-electron chi connectivity index (χ4n) is 5.55. The van der Waals surface area contributed by atoms with Gasteiger partial charge in [-0.15, -0.1) is 0 Å². The van der Waals surface area contributed by atoms with Gasteiger partial charge < -0.3 is 18.9 Å². The predicted octanol–water partition coefficient (Wildman–Crippen LogP) is 12.7. The van der Waals surface area contributed by atoms with Crippen molar-refractivity contribution in [1.29, 1.82) is 0 Å². The second-order valence-corrected chi connectivity index (χ2v) is 17.9. The van der Waals surface area contributed by atoms with E-state index in [1.165, 1.54) is 82.8 Å². The van der Waals surface area contributed by atoms with Crippen LogP contribution in [0.15, 0.2) is 85.1 Å². The minimum Gasteiger partial charge on any atom is -0.462 e. The summed E-state index contributed by atoms with van der Waals surface area (Å²) in [5.74, 6) is -0.337. The van der Waals surface area contributed by atoms with E-state index in [4.69, 9.17) is 18.5 Å². The molecular formula is C48H83NO8P+. The molecule has 0 amide bonds. The Hall–Kier alpha value is -2.81. The van der Waals surface area contributed by atoms with E-state index in [1.54, 1.807) is 12.2 Å². The van der Waals surface area contributed by atoms with Gasteiger partial charge in [0, 0.05) is 12.5 Å². The van der Waals surface area contributed by atoms with Gasteiger partial charge in [-0.05, 0) is 50.9 Å². The minimum atomic E-state index is -4.42. The Labute approximate surface area is 354 Å². The molecule has 0 aromatic carbocycles. The topological polar surface area (TPSA) is 108 Å². The molecule has 0 aliphatic carbocycles. The van der Waals surface area contributed by atoms with Gasteiger partial charge in [-0.3, -0.25) is 13.8 Å². The van der Waals surface area contributed by atoms with E-state index in [0.29, 0.717) is 17.4 Å². The van der Waals surface area contributed by atoms with E-state index in [0.717, 1.165) is 50.9 Å². The third kappa shape index (κ3) is 42.8. The molecule has 2 atom stereocenters. The summed E-state index contributed by atoms with van der Waals surface area (Å²) in [4.78, 5) is 35.2. The van der Waals surface area contributed by atoms with Crippen LogP contribution in [0.2, 0.25) is 0 Å². The molecule has 0 aromatic rings. The molecule has 0 radical (unpaired) electrons. The van der Waals surface area contributed by atoms with E-state index >= 15 is 0 Å². The monoisotopic (exact) mass is 833 g/mol. The fraction of sp³-hybridized carbons (Fsp3) is 0.667. The van der Waals surface area contributed by atoms with Crippen LogP contribution < -0.4 is 0 Å². The number of phosphoric ester groups is 1. The number of rotatable bonds is 38. The predicted molar refractivity (Wildman–Crippen MR) is 242 cm³/mol. The summed E-state index contributed by atoms with van der Waals surface area (Å²) in [6.45, 7) is 6.50. The smallest absolute Gasteiger partial charge is 0.462 e. The van der Waals surface area contributed by atoms with Gasteiger partial charge in [0.25, 0.3) is 0 Å². The first kappa shape index (κ1) is 55.2. The second kappa shape index (κ2) is 38.4. The van der Waals surface area contributed by atoms with Gasteiger partial charge in [-0.2, -0.15) is 0 Å². The molecule has 0 heterocycles. The summed E-state index contributed by atoms with van der Waals surface area (Å²) in [5, 5.41) is 0. The lowest BCUT2D eigenvalue weighted by atomic mass is 10.0. The molecule has 58 heavy (non-hydrogen) atoms. The number of nitrogens with zero attached hydrogens (tertiary/aromatic N) is 1. The molecule has 9 nitrogen and oxygen atoms in total. The number of quaternary nitrogens is 1. The van der Waals surface area contributed by atoms with Crippen molar-refractivity contribution in [3.8, 4) is 0 Å². The highest BCUT2D eigenvalue weighted by Gasteiger charge is 2.26. The number of carbonyl (C=O) groups excluding carboxylic acids is 2. The van der Waals surface area contributed by atoms with Crippen LogP contribution in [-0.2, 0) is 32.7 Å². The first-order valence-corrected chi connectivity index (χ1v) is 23.8. The van der Waals surface area contributed by atoms with E-state index in [1.807, 2.05) is 57.6 Å². The number of hydrogen-bond donors (Lipinski definition) is 1. The largest absolute Gasteiger partial charge is 0.472 e. The maximum atomic E-state index is 12.6. The molecule has 0 aromatic heterocycles. The van der Waals surface area contributed by atoms with Gasteiger partial charge >= 0.3 is 19.8 Å². The Morgan fingerprint density at radius 1 is 0.621 bits per heavy atom. The zero-order valence-corrected chi connectivity index (χ0v) is 38.3. The minimum absolute atomic E-state index is 0.00114. The number of unbranched alkanes of at least 4 members (excludes halogenated alkanes) is 15. The van der Waals surface area contributed by atoms with Crippen molar-refractivity contribution >= 4 is 19.8 Å². The molecule has 0 fully saturated rings. The lowest BCUT2D eigenvalue weighted by Crippen LogP contribution is -2.37. The summed E-state index contributed by atoms with van der Waals surface area (Å²) >= 11 is 0. The van der Waals surface area contributed by atoms with Crippen LogP contribution in [0.4, 0.5) is 0 Å². The van der Waals surface area contributed by atoms with E-state index in [-0.39, 0.29) is 19.6 Å². The van der Waals surface area contributed by atoms with Gasteiger partial charge in [0.2, 0.25) is 0 Å². The number of hydrogen-bond acceptors (Lipinski definition) is 7. The molecule has 0 saturated carbocycles. The number of carbonyl (C=O) groups is 2. The second-order valence-electron chi connectivity index (χ2n) is 16.4. The van der Waals surface area contributed by atoms with Crippen molar-refractivity contribution in [3.05, 3.63) is 85.1 Å². The number of esters is 2. The van der Waals surface area contributed by atoms with Crippen molar-refractivity contribution in [2.75, 3.05) is 47.5 Å². The summed E-state index contributed by atoms with van der Waals surface area (Å²) in [6, 6.07) is 0. The number of phosphoric acid groups is 1. The van der Waals surface area contributed by atoms with Gasteiger partial charge in [-0.1, -0.05) is 177 Å². The maximum Gasteiger partial charge on any atom is 0.472 e. The zero-order chi connectivity index (χ0) is 43.0. The highest BCUT2D eigenvalue weighted by molar-refractivity contribution is 7.47. The lowest BCUT2D eigenvalue weighted by Gasteiger charge is -2.24. The van der Waals surface area contributed by atoms with E-state index in [9.17, 15) is 19.0 Å². The van der Waals surface area contributed by atoms with Gasteiger partial charge in [-0.25, -0.2) is 9.36 Å². The van der Waals surface area contributed by atoms with Crippen molar-refractivity contribution in [1.82, 2.24) is 0 Å². The van der Waals surface area contributed by atoms with Crippen LogP contribution in [0.5, 0.6) is 0 Å². The number of ether oxygens (including phenoxy) is 2. The van der Waals surface area contributed by atoms with Crippen LogP contribution in [0.3, 0.4) is 0 Å². The quantitative estimate of drug-likeness (QED) is 0.0125. The van der Waals surface area contributed by atoms with Crippen LogP contribution in [0.1, 0.15) is 149 Å². The molecule has 0 spiro atoms. The Morgan fingerprint density at radius 3 is 1.69 bits per heavy atom. The molecular weight excluding hydrogens is 750 g/mol. The average Bonchev–Trinajstić information content (AvgIpc) is 3.16. The van der Waals surface area contributed by atoms with Crippen molar-refractivity contribution in [2.45, 2.75) is 155 Å². The molecule has 332 valence electrons. The van der Waals surface area contributed by atoms with Crippen molar-refractivity contribution in [2.24, 2.45) is 5.92 Å². The van der Waals surface area contributed by atoms with Gasteiger partial charge in [0.05, 0.1) is 27.7 Å². The summed E-state index contributed by atoms with van der Waals surface area (Å²) in [7, 11) is 1.37. The fourth-order valence-corrected chi connectivity index (χ4v) is 6.29. The summed E-state index contributed by atoms with van der Waals surface area (Å²) in [5.41, 5.74) is 0. The standard InChI is InChI=1S/C48H82NO8P/c1-7-8-9-10-11-12-13-14-15-16-17-18-19-20-25-28-31-34-37-40-48(51)57-46(44-56-58(52,53)55-42-41-49(4,5)6)43-54-47(50)39-36-33-30-27-24-22-21-23-26-29-32-35-38-45(2)3/h15-21,23,25,28,31,34,37,40,45-46H,7-14,22,24,26-27,29-30,32-33,35-36,38-39,41-44H2,1-6H3/p+1/b16-15?,18-17?,20-19?,23-21-,28-25?,34-31?,40-37?/t46-/m1/s1. The Morgan fingerprint density at radius 2 is 1.12 bits per heavy atom. The molecule has 0 rings (SSSR count). The Bertz CT molecular complexity index is 1270. The Balaban J connectivity index is 4.64. The van der Waals surface area contributed by atoms with Gasteiger partial charge in [0.1, 0.15) is 19.8 Å². The Kier molecular flexibility index (Phi) is 36.5. The molecule has 0 aliphatic heterocycles. The number of likely N-dealkylation sites (N-methyl/N-ethyl adjacent to an activating group) is 1. The number of allylic oxidation sites excluding steroid dienone is 13. The molecule has 0 saturated heterocycles. The highest BCUT2D eigenvalue weighted by atomic mass is 31.2. The third-order valence-electron chi connectivity index (χ3n) is 9.07. The first-order chi connectivity index (χ1) is 27.8. The van der Waals surface area contributed by atoms with Crippen LogP contribution in [-0.4, -0.2) is 74.9 Å². The third-order valence-corrected chi connectivity index (χ3v) is 10.1. The van der Waals surface area contributed by atoms with E-state index in [2.05, 4.69) is 45.1 Å². The van der Waals surface area contributed by atoms with Crippen LogP contribution in [0.25, 0.3) is 0 Å². The molecule has 1 unspecified atom stereocenters. The normalized spacial score (nSPS) is 14.5. The maximum absolute atomic E-state index is 12.6. The summed E-state index contributed by atoms with van der Waals surface area (Å²) < 4.78 is 34.0. The summed E-state index contributed by atoms with van der Waals surface area (Å²) in [6.07, 6.45) is 48.6. The molecule has 0 bridgehead atoms. The molecule has 10 heteroatoms. The SMILES string of the molecule is CCCCCCCCCC=CC=CC=CC=CC=CC=CC(=O)O[C@H](COC(=O)CCCCCCC/C=C\CCCCCC(C)C)COP(=O)(O)OCC[N+](C)(C)C. The van der Waals surface area contributed by atoms with E-state index < -0.39 is 32.5 Å². The average molecular weight is 833 g/mol. The zero-order valence-electron chi connectivity index (χ0n) is 37.4. The first-order valence-electron chi connectivity index (χ1n) is 22.3. The van der Waals surface area contributed by atoms with Gasteiger partial charge in [0.15, 0.2) is 6.10 Å². The molecule has 1 N–H and O–H groups in total. The molecule has 0 aliphatic rings. The van der Waals surface area contributed by atoms with Crippen molar-refractivity contribution in [3.63, 3.8) is 0 Å².